The van der Waals surface area contributed by atoms with Crippen LogP contribution in [0.5, 0.6) is 0 Å². The Bertz CT molecular complexity index is 608. The summed E-state index contributed by atoms with van der Waals surface area (Å²) in [5.74, 6) is 0. The molecule has 5 nitrogen and oxygen atoms in total. The van der Waals surface area contributed by atoms with Crippen molar-refractivity contribution in [1.29, 1.82) is 0 Å². The van der Waals surface area contributed by atoms with Crippen molar-refractivity contribution in [2.75, 3.05) is 20.1 Å². The van der Waals surface area contributed by atoms with Gasteiger partial charge in [0, 0.05) is 30.1 Å². The maximum Gasteiger partial charge on any atom is 0.242 e. The molecule has 0 radical (unpaired) electrons. The molecule has 1 saturated heterocycles. The number of likely N-dealkylation sites (tertiary alicyclic amines) is 1. The second-order valence-corrected chi connectivity index (χ2v) is 8.81. The molecule has 0 aromatic carbocycles. The lowest BCUT2D eigenvalue weighted by Crippen LogP contribution is -2.37. The topological polar surface area (TPSA) is 61.4 Å². The molecule has 2 heterocycles. The molecule has 118 valence electrons. The number of hydrogen-bond donors (Lipinski definition) is 2. The van der Waals surface area contributed by atoms with Gasteiger partial charge in [-0.05, 0) is 50.7 Å². The second-order valence-electron chi connectivity index (χ2n) is 6.20. The SMILES string of the molecule is Cc1csc(CNC2CC2)c1S(=O)(=O)NC1CCN(C)C1. The second kappa shape index (κ2) is 5.96. The Morgan fingerprint density at radius 3 is 2.71 bits per heavy atom. The third kappa shape index (κ3) is 3.65. The molecule has 21 heavy (non-hydrogen) atoms. The van der Waals surface area contributed by atoms with Crippen molar-refractivity contribution in [3.8, 4) is 0 Å². The number of nitrogens with zero attached hydrogens (tertiary/aromatic N) is 1. The molecule has 0 amide bonds. The van der Waals surface area contributed by atoms with Crippen LogP contribution < -0.4 is 10.0 Å². The normalized spacial score (nSPS) is 23.8. The van der Waals surface area contributed by atoms with Crippen LogP contribution in [0.15, 0.2) is 10.3 Å². The average molecular weight is 329 g/mol. The fourth-order valence-corrected chi connectivity index (χ4v) is 5.83. The summed E-state index contributed by atoms with van der Waals surface area (Å²) in [5.41, 5.74) is 0.853. The van der Waals surface area contributed by atoms with Gasteiger partial charge in [0.25, 0.3) is 0 Å². The molecule has 3 rings (SSSR count). The number of nitrogens with one attached hydrogen (secondary N) is 2. The van der Waals surface area contributed by atoms with Crippen LogP contribution in [0, 0.1) is 6.92 Å². The first kappa shape index (κ1) is 15.4. The van der Waals surface area contributed by atoms with E-state index in [1.807, 2.05) is 19.4 Å². The van der Waals surface area contributed by atoms with E-state index in [1.165, 1.54) is 24.2 Å². The van der Waals surface area contributed by atoms with Gasteiger partial charge < -0.3 is 10.2 Å². The van der Waals surface area contributed by atoms with Crippen LogP contribution in [0.3, 0.4) is 0 Å². The van der Waals surface area contributed by atoms with Crippen molar-refractivity contribution >= 4 is 21.4 Å². The van der Waals surface area contributed by atoms with Gasteiger partial charge >= 0.3 is 0 Å². The first-order chi connectivity index (χ1) is 9.95. The third-order valence-electron chi connectivity index (χ3n) is 4.10. The summed E-state index contributed by atoms with van der Waals surface area (Å²) in [7, 11) is -1.40. The van der Waals surface area contributed by atoms with E-state index < -0.39 is 10.0 Å². The summed E-state index contributed by atoms with van der Waals surface area (Å²) < 4.78 is 28.3. The van der Waals surface area contributed by atoms with Crippen molar-refractivity contribution < 1.29 is 8.42 Å². The van der Waals surface area contributed by atoms with Crippen LogP contribution in [0.25, 0.3) is 0 Å². The van der Waals surface area contributed by atoms with Crippen LogP contribution >= 0.6 is 11.3 Å². The molecule has 0 spiro atoms. The molecule has 0 bridgehead atoms. The van der Waals surface area contributed by atoms with E-state index in [2.05, 4.69) is 14.9 Å². The summed E-state index contributed by atoms with van der Waals surface area (Å²) in [4.78, 5) is 3.58. The number of hydrogen-bond acceptors (Lipinski definition) is 5. The summed E-state index contributed by atoms with van der Waals surface area (Å²) in [6.45, 7) is 4.28. The summed E-state index contributed by atoms with van der Waals surface area (Å²) in [5, 5.41) is 5.35. The van der Waals surface area contributed by atoms with Crippen LogP contribution in [0.1, 0.15) is 29.7 Å². The van der Waals surface area contributed by atoms with Crippen LogP contribution in [-0.2, 0) is 16.6 Å². The Kier molecular flexibility index (Phi) is 4.38. The Balaban J connectivity index is 1.75. The number of sulfonamides is 1. The molecular weight excluding hydrogens is 306 g/mol. The van der Waals surface area contributed by atoms with Gasteiger partial charge in [-0.1, -0.05) is 0 Å². The fraction of sp³-hybridized carbons (Fsp3) is 0.714. The number of thiophene rings is 1. The number of aryl methyl sites for hydroxylation is 1. The van der Waals surface area contributed by atoms with Crippen molar-refractivity contribution in [1.82, 2.24) is 14.9 Å². The van der Waals surface area contributed by atoms with Crippen molar-refractivity contribution in [3.05, 3.63) is 15.8 Å². The van der Waals surface area contributed by atoms with Gasteiger partial charge in [0.2, 0.25) is 10.0 Å². The molecule has 1 atom stereocenters. The zero-order valence-electron chi connectivity index (χ0n) is 12.6. The first-order valence-corrected chi connectivity index (χ1v) is 9.83. The molecule has 2 aliphatic rings. The zero-order chi connectivity index (χ0) is 15.0. The Morgan fingerprint density at radius 2 is 2.10 bits per heavy atom. The minimum Gasteiger partial charge on any atom is -0.309 e. The summed E-state index contributed by atoms with van der Waals surface area (Å²) >= 11 is 1.54. The van der Waals surface area contributed by atoms with Gasteiger partial charge in [-0.15, -0.1) is 11.3 Å². The van der Waals surface area contributed by atoms with E-state index in [0.29, 0.717) is 17.5 Å². The van der Waals surface area contributed by atoms with Gasteiger partial charge in [0.15, 0.2) is 0 Å². The van der Waals surface area contributed by atoms with E-state index in [1.54, 1.807) is 0 Å². The molecule has 2 fully saturated rings. The van der Waals surface area contributed by atoms with E-state index in [4.69, 9.17) is 0 Å². The Morgan fingerprint density at radius 1 is 1.33 bits per heavy atom. The highest BCUT2D eigenvalue weighted by Crippen LogP contribution is 2.29. The van der Waals surface area contributed by atoms with E-state index in [0.717, 1.165) is 30.0 Å². The molecule has 2 N–H and O–H groups in total. The Labute approximate surface area is 130 Å². The van der Waals surface area contributed by atoms with Crippen molar-refractivity contribution in [2.24, 2.45) is 0 Å². The molecule has 1 aromatic rings. The quantitative estimate of drug-likeness (QED) is 0.826. The minimum absolute atomic E-state index is 0.0311. The predicted molar refractivity (Wildman–Crippen MR) is 85.1 cm³/mol. The fourth-order valence-electron chi connectivity index (χ4n) is 2.80. The summed E-state index contributed by atoms with van der Waals surface area (Å²) in [6.07, 6.45) is 3.30. The maximum absolute atomic E-state index is 12.7. The van der Waals surface area contributed by atoms with Gasteiger partial charge in [-0.2, -0.15) is 0 Å². The molecule has 1 saturated carbocycles. The van der Waals surface area contributed by atoms with E-state index >= 15 is 0 Å². The molecular formula is C14H23N3O2S2. The lowest BCUT2D eigenvalue weighted by molar-refractivity contribution is 0.407. The average Bonchev–Trinajstić information content (AvgIpc) is 3.04. The highest BCUT2D eigenvalue weighted by Gasteiger charge is 2.29. The van der Waals surface area contributed by atoms with Crippen molar-refractivity contribution in [2.45, 2.75) is 49.7 Å². The van der Waals surface area contributed by atoms with E-state index in [9.17, 15) is 8.42 Å². The minimum atomic E-state index is -3.42. The molecule has 1 unspecified atom stereocenters. The standard InChI is InChI=1S/C14H23N3O2S2/c1-10-9-20-13(7-15-11-3-4-11)14(10)21(18,19)16-12-5-6-17(2)8-12/h9,11-12,15-16H,3-8H2,1-2H3. The Hall–Kier alpha value is -0.470. The van der Waals surface area contributed by atoms with Gasteiger partial charge in [0.05, 0.1) is 0 Å². The lowest BCUT2D eigenvalue weighted by Gasteiger charge is -2.15. The zero-order valence-corrected chi connectivity index (χ0v) is 14.2. The van der Waals surface area contributed by atoms with Gasteiger partial charge in [-0.25, -0.2) is 13.1 Å². The molecule has 7 heteroatoms. The van der Waals surface area contributed by atoms with E-state index in [-0.39, 0.29) is 6.04 Å². The molecule has 1 aromatic heterocycles. The van der Waals surface area contributed by atoms with Crippen LogP contribution in [0.2, 0.25) is 0 Å². The first-order valence-electron chi connectivity index (χ1n) is 7.47. The largest absolute Gasteiger partial charge is 0.309 e. The lowest BCUT2D eigenvalue weighted by atomic mass is 10.3. The summed E-state index contributed by atoms with van der Waals surface area (Å²) in [6, 6.07) is 0.614. The van der Waals surface area contributed by atoms with Crippen LogP contribution in [0.4, 0.5) is 0 Å². The highest BCUT2D eigenvalue weighted by atomic mass is 32.2. The van der Waals surface area contributed by atoms with Crippen molar-refractivity contribution in [3.63, 3.8) is 0 Å². The van der Waals surface area contributed by atoms with Gasteiger partial charge in [0.1, 0.15) is 4.90 Å². The molecule has 1 aliphatic carbocycles. The third-order valence-corrected chi connectivity index (χ3v) is 7.08. The predicted octanol–water partition coefficient (Wildman–Crippen LogP) is 1.29. The monoisotopic (exact) mass is 329 g/mol. The van der Waals surface area contributed by atoms with Crippen LogP contribution in [-0.4, -0.2) is 45.5 Å². The number of likely N-dealkylation sites (N-methyl/N-ethyl adjacent to an activating group) is 1. The smallest absolute Gasteiger partial charge is 0.242 e. The highest BCUT2D eigenvalue weighted by molar-refractivity contribution is 7.89. The molecule has 1 aliphatic heterocycles. The maximum atomic E-state index is 12.7. The number of rotatable bonds is 6. The van der Waals surface area contributed by atoms with Gasteiger partial charge in [-0.3, -0.25) is 0 Å².